The topological polar surface area (TPSA) is 18.5 Å². The van der Waals surface area contributed by atoms with E-state index in [1.807, 2.05) is 25.1 Å². The average molecular weight is 467 g/mol. The van der Waals surface area contributed by atoms with E-state index in [-0.39, 0.29) is 28.8 Å². The largest absolute Gasteiger partial charge is 0.497 e. The third kappa shape index (κ3) is 5.30. The maximum atomic E-state index is 14.8. The monoisotopic (exact) mass is 466 g/mol. The number of rotatable bonds is 7. The molecule has 1 fully saturated rings. The number of hydrogen-bond donors (Lipinski definition) is 0. The molecule has 0 amide bonds. The normalized spacial score (nSPS) is 18.3. The Balaban J connectivity index is 1.40. The number of ether oxygens (including phenoxy) is 2. The third-order valence-corrected chi connectivity index (χ3v) is 6.56. The zero-order valence-corrected chi connectivity index (χ0v) is 19.5. The molecule has 0 spiro atoms. The average Bonchev–Trinajstić information content (AvgIpc) is 2.86. The summed E-state index contributed by atoms with van der Waals surface area (Å²) in [6, 6.07) is 15.2. The maximum absolute atomic E-state index is 14.8. The van der Waals surface area contributed by atoms with Crippen LogP contribution in [-0.4, -0.2) is 13.7 Å². The number of halogens is 3. The minimum absolute atomic E-state index is 0.165. The van der Waals surface area contributed by atoms with Gasteiger partial charge in [-0.2, -0.15) is 0 Å². The Hall–Kier alpha value is -3.21. The molecule has 0 radical (unpaired) electrons. The summed E-state index contributed by atoms with van der Waals surface area (Å²) >= 11 is 0. The standard InChI is InChI=1S/C29H29F3O2/c1-3-34-24-15-17-25(27(30)18-24)20-7-4-19(5-8-20)6-9-22-12-16-26(29(32)28(22)31)21-10-13-23(33-2)14-11-21/h6,9-20H,3-5,7-8H2,1-2H3/b9-6+. The van der Waals surface area contributed by atoms with Crippen molar-refractivity contribution in [2.45, 2.75) is 38.5 Å². The van der Waals surface area contributed by atoms with Gasteiger partial charge in [0, 0.05) is 17.2 Å². The molecule has 0 unspecified atom stereocenters. The van der Waals surface area contributed by atoms with Crippen LogP contribution in [0.5, 0.6) is 11.5 Å². The van der Waals surface area contributed by atoms with Crippen LogP contribution in [0.4, 0.5) is 13.2 Å². The summed E-state index contributed by atoms with van der Waals surface area (Å²) in [5.41, 5.74) is 1.77. The molecule has 5 heteroatoms. The molecule has 0 aliphatic heterocycles. The fourth-order valence-corrected chi connectivity index (χ4v) is 4.64. The molecule has 0 atom stereocenters. The van der Waals surface area contributed by atoms with E-state index in [1.165, 1.54) is 6.07 Å². The Morgan fingerprint density at radius 3 is 2.21 bits per heavy atom. The highest BCUT2D eigenvalue weighted by atomic mass is 19.2. The van der Waals surface area contributed by atoms with Crippen molar-refractivity contribution in [2.75, 3.05) is 13.7 Å². The van der Waals surface area contributed by atoms with Crippen molar-refractivity contribution in [1.82, 2.24) is 0 Å². The predicted octanol–water partition coefficient (Wildman–Crippen LogP) is 8.17. The van der Waals surface area contributed by atoms with Gasteiger partial charge in [0.25, 0.3) is 0 Å². The van der Waals surface area contributed by atoms with Crippen LogP contribution in [0.1, 0.15) is 49.7 Å². The van der Waals surface area contributed by atoms with Crippen molar-refractivity contribution in [3.8, 4) is 22.6 Å². The van der Waals surface area contributed by atoms with Gasteiger partial charge in [0.1, 0.15) is 17.3 Å². The van der Waals surface area contributed by atoms with E-state index in [4.69, 9.17) is 9.47 Å². The van der Waals surface area contributed by atoms with Crippen molar-refractivity contribution in [3.63, 3.8) is 0 Å². The first-order chi connectivity index (χ1) is 16.5. The molecule has 34 heavy (non-hydrogen) atoms. The fraction of sp³-hybridized carbons (Fsp3) is 0.310. The summed E-state index contributed by atoms with van der Waals surface area (Å²) < 4.78 is 54.5. The Morgan fingerprint density at radius 2 is 1.56 bits per heavy atom. The van der Waals surface area contributed by atoms with Crippen molar-refractivity contribution in [1.29, 1.82) is 0 Å². The smallest absolute Gasteiger partial charge is 0.167 e. The van der Waals surface area contributed by atoms with E-state index in [9.17, 15) is 13.2 Å². The second-order valence-electron chi connectivity index (χ2n) is 8.65. The Bertz CT molecular complexity index is 1150. The lowest BCUT2D eigenvalue weighted by molar-refractivity contribution is 0.336. The van der Waals surface area contributed by atoms with Crippen LogP contribution in [0, 0.1) is 23.4 Å². The fourth-order valence-electron chi connectivity index (χ4n) is 4.64. The van der Waals surface area contributed by atoms with Crippen LogP contribution in [0.3, 0.4) is 0 Å². The predicted molar refractivity (Wildman–Crippen MR) is 130 cm³/mol. The van der Waals surface area contributed by atoms with Gasteiger partial charge in [0.05, 0.1) is 13.7 Å². The highest BCUT2D eigenvalue weighted by molar-refractivity contribution is 5.67. The van der Waals surface area contributed by atoms with Crippen LogP contribution >= 0.6 is 0 Å². The van der Waals surface area contributed by atoms with E-state index in [1.54, 1.807) is 49.6 Å². The summed E-state index contributed by atoms with van der Waals surface area (Å²) in [7, 11) is 1.56. The molecule has 2 nitrogen and oxygen atoms in total. The SMILES string of the molecule is CCOc1ccc(C2CCC(/C=C/c3ccc(-c4ccc(OC)cc4)c(F)c3F)CC2)c(F)c1. The highest BCUT2D eigenvalue weighted by Crippen LogP contribution is 2.38. The lowest BCUT2D eigenvalue weighted by Crippen LogP contribution is -2.13. The molecule has 1 saturated carbocycles. The van der Waals surface area contributed by atoms with Gasteiger partial charge >= 0.3 is 0 Å². The zero-order valence-electron chi connectivity index (χ0n) is 19.5. The van der Waals surface area contributed by atoms with Crippen LogP contribution in [-0.2, 0) is 0 Å². The van der Waals surface area contributed by atoms with Gasteiger partial charge in [-0.05, 0) is 73.8 Å². The molecule has 0 heterocycles. The van der Waals surface area contributed by atoms with Gasteiger partial charge in [-0.3, -0.25) is 0 Å². The second kappa shape index (κ2) is 10.8. The molecule has 4 rings (SSSR count). The first-order valence-electron chi connectivity index (χ1n) is 11.7. The minimum Gasteiger partial charge on any atom is -0.497 e. The number of hydrogen-bond acceptors (Lipinski definition) is 2. The van der Waals surface area contributed by atoms with Crippen molar-refractivity contribution in [2.24, 2.45) is 5.92 Å². The van der Waals surface area contributed by atoms with Crippen LogP contribution in [0.15, 0.2) is 60.7 Å². The maximum Gasteiger partial charge on any atom is 0.167 e. The van der Waals surface area contributed by atoms with Gasteiger partial charge in [-0.1, -0.05) is 42.5 Å². The van der Waals surface area contributed by atoms with Crippen molar-refractivity contribution >= 4 is 6.08 Å². The lowest BCUT2D eigenvalue weighted by atomic mass is 9.78. The number of methoxy groups -OCH3 is 1. The highest BCUT2D eigenvalue weighted by Gasteiger charge is 2.23. The number of allylic oxidation sites excluding steroid dienone is 1. The molecule has 0 N–H and O–H groups in total. The quantitative estimate of drug-likeness (QED) is 0.350. The van der Waals surface area contributed by atoms with E-state index in [0.29, 0.717) is 23.7 Å². The minimum atomic E-state index is -0.859. The first-order valence-corrected chi connectivity index (χ1v) is 11.7. The Morgan fingerprint density at radius 1 is 0.853 bits per heavy atom. The summed E-state index contributed by atoms with van der Waals surface area (Å²) in [5, 5.41) is 0. The Kier molecular flexibility index (Phi) is 7.61. The van der Waals surface area contributed by atoms with E-state index in [2.05, 4.69) is 0 Å². The number of benzene rings is 3. The first kappa shape index (κ1) is 23.9. The van der Waals surface area contributed by atoms with E-state index in [0.717, 1.165) is 31.2 Å². The molecule has 0 saturated heterocycles. The van der Waals surface area contributed by atoms with Gasteiger partial charge in [0.15, 0.2) is 11.6 Å². The van der Waals surface area contributed by atoms with Crippen LogP contribution in [0.25, 0.3) is 17.2 Å². The molecule has 1 aliphatic carbocycles. The van der Waals surface area contributed by atoms with Gasteiger partial charge in [-0.15, -0.1) is 0 Å². The van der Waals surface area contributed by atoms with Crippen LogP contribution in [0.2, 0.25) is 0 Å². The molecule has 3 aromatic carbocycles. The van der Waals surface area contributed by atoms with Gasteiger partial charge in [0.2, 0.25) is 0 Å². The summed E-state index contributed by atoms with van der Waals surface area (Å²) in [4.78, 5) is 0. The lowest BCUT2D eigenvalue weighted by Gasteiger charge is -2.27. The Labute approximate surface area is 199 Å². The van der Waals surface area contributed by atoms with Gasteiger partial charge < -0.3 is 9.47 Å². The summed E-state index contributed by atoms with van der Waals surface area (Å²) in [6.45, 7) is 2.38. The molecule has 0 aromatic heterocycles. The zero-order chi connectivity index (χ0) is 24.1. The summed E-state index contributed by atoms with van der Waals surface area (Å²) in [6.07, 6.45) is 7.08. The third-order valence-electron chi connectivity index (χ3n) is 6.56. The van der Waals surface area contributed by atoms with Gasteiger partial charge in [-0.25, -0.2) is 13.2 Å². The van der Waals surface area contributed by atoms with Crippen LogP contribution < -0.4 is 9.47 Å². The van der Waals surface area contributed by atoms with E-state index < -0.39 is 11.6 Å². The molecular weight excluding hydrogens is 437 g/mol. The van der Waals surface area contributed by atoms with Crippen molar-refractivity contribution < 1.29 is 22.6 Å². The molecule has 178 valence electrons. The molecule has 1 aliphatic rings. The molecular formula is C29H29F3O2. The molecule has 0 bridgehead atoms. The second-order valence-corrected chi connectivity index (χ2v) is 8.65. The summed E-state index contributed by atoms with van der Waals surface area (Å²) in [5.74, 6) is -0.308. The molecule has 3 aromatic rings. The van der Waals surface area contributed by atoms with E-state index >= 15 is 0 Å². The van der Waals surface area contributed by atoms with Crippen molar-refractivity contribution in [3.05, 3.63) is 89.3 Å².